The van der Waals surface area contributed by atoms with Crippen molar-refractivity contribution in [3.8, 4) is 16.3 Å². The molecular weight excluding hydrogens is 278 g/mol. The van der Waals surface area contributed by atoms with Gasteiger partial charge in [-0.15, -0.1) is 11.3 Å². The largest absolute Gasteiger partial charge is 0.369 e. The molecule has 0 unspecified atom stereocenters. The fourth-order valence-corrected chi connectivity index (χ4v) is 3.71. The van der Waals surface area contributed by atoms with Crippen LogP contribution in [0.2, 0.25) is 0 Å². The monoisotopic (exact) mass is 295 g/mol. The fourth-order valence-electron chi connectivity index (χ4n) is 2.98. The summed E-state index contributed by atoms with van der Waals surface area (Å²) < 4.78 is 2.09. The van der Waals surface area contributed by atoms with E-state index in [1.54, 1.807) is 11.3 Å². The van der Waals surface area contributed by atoms with E-state index in [0.717, 1.165) is 25.1 Å². The third kappa shape index (κ3) is 1.98. The Morgan fingerprint density at radius 2 is 2.14 bits per heavy atom. The second kappa shape index (κ2) is 5.04. The van der Waals surface area contributed by atoms with Gasteiger partial charge in [0.05, 0.1) is 10.6 Å². The SMILES string of the molecule is CCc1ccccc1-n1nc(-c2cccs2)c2c1NCC2. The van der Waals surface area contributed by atoms with E-state index >= 15 is 0 Å². The standard InChI is InChI=1S/C17H17N3S/c1-2-12-6-3-4-7-14(12)20-17-13(9-10-18-17)16(19-20)15-8-5-11-21-15/h3-8,11,18H,2,9-10H2,1H3. The number of aryl methyl sites for hydroxylation is 1. The number of nitrogens with one attached hydrogen (secondary N) is 1. The Balaban J connectivity index is 1.93. The minimum Gasteiger partial charge on any atom is -0.369 e. The molecule has 0 amide bonds. The van der Waals surface area contributed by atoms with Crippen LogP contribution in [0.3, 0.4) is 0 Å². The van der Waals surface area contributed by atoms with Crippen LogP contribution >= 0.6 is 11.3 Å². The lowest BCUT2D eigenvalue weighted by Gasteiger charge is -2.10. The third-order valence-electron chi connectivity index (χ3n) is 4.01. The molecule has 1 aromatic carbocycles. The summed E-state index contributed by atoms with van der Waals surface area (Å²) in [5.74, 6) is 1.17. The molecule has 21 heavy (non-hydrogen) atoms. The van der Waals surface area contributed by atoms with Gasteiger partial charge in [-0.2, -0.15) is 5.10 Å². The van der Waals surface area contributed by atoms with Gasteiger partial charge >= 0.3 is 0 Å². The molecule has 4 rings (SSSR count). The molecule has 0 saturated carbocycles. The molecule has 0 radical (unpaired) electrons. The second-order valence-corrected chi connectivity index (χ2v) is 6.17. The lowest BCUT2D eigenvalue weighted by Crippen LogP contribution is -2.06. The van der Waals surface area contributed by atoms with Gasteiger partial charge in [0.15, 0.2) is 0 Å². The van der Waals surface area contributed by atoms with E-state index in [4.69, 9.17) is 5.10 Å². The minimum absolute atomic E-state index is 1.000. The third-order valence-corrected chi connectivity index (χ3v) is 4.88. The summed E-state index contributed by atoms with van der Waals surface area (Å²) in [5.41, 5.74) is 5.00. The fraction of sp³-hybridized carbons (Fsp3) is 0.235. The maximum absolute atomic E-state index is 4.92. The van der Waals surface area contributed by atoms with Crippen molar-refractivity contribution < 1.29 is 0 Å². The number of anilines is 1. The zero-order valence-corrected chi connectivity index (χ0v) is 12.8. The average molecular weight is 295 g/mol. The minimum atomic E-state index is 1.000. The number of thiophene rings is 1. The maximum Gasteiger partial charge on any atom is 0.133 e. The molecule has 0 bridgehead atoms. The molecule has 0 aliphatic carbocycles. The number of rotatable bonds is 3. The Kier molecular flexibility index (Phi) is 3.04. The molecule has 0 fully saturated rings. The molecule has 3 heterocycles. The van der Waals surface area contributed by atoms with Crippen molar-refractivity contribution in [1.29, 1.82) is 0 Å². The smallest absolute Gasteiger partial charge is 0.133 e. The number of fused-ring (bicyclic) bond motifs is 1. The van der Waals surface area contributed by atoms with Gasteiger partial charge in [0.25, 0.3) is 0 Å². The number of aromatic nitrogens is 2. The molecular formula is C17H17N3S. The second-order valence-electron chi connectivity index (χ2n) is 5.22. The number of nitrogens with zero attached hydrogens (tertiary/aromatic N) is 2. The zero-order chi connectivity index (χ0) is 14.2. The van der Waals surface area contributed by atoms with Crippen molar-refractivity contribution in [3.05, 3.63) is 52.9 Å². The van der Waals surface area contributed by atoms with Crippen LogP contribution in [-0.2, 0) is 12.8 Å². The Hall–Kier alpha value is -2.07. The summed E-state index contributed by atoms with van der Waals surface area (Å²) in [4.78, 5) is 1.25. The highest BCUT2D eigenvalue weighted by Gasteiger charge is 2.24. The normalized spacial score (nSPS) is 13.2. The number of benzene rings is 1. The Morgan fingerprint density at radius 1 is 1.24 bits per heavy atom. The van der Waals surface area contributed by atoms with E-state index < -0.39 is 0 Å². The summed E-state index contributed by atoms with van der Waals surface area (Å²) in [6.07, 6.45) is 2.07. The van der Waals surface area contributed by atoms with Gasteiger partial charge < -0.3 is 5.32 Å². The maximum atomic E-state index is 4.92. The quantitative estimate of drug-likeness (QED) is 0.787. The van der Waals surface area contributed by atoms with Crippen LogP contribution in [-0.4, -0.2) is 16.3 Å². The van der Waals surface area contributed by atoms with E-state index in [0.29, 0.717) is 0 Å². The van der Waals surface area contributed by atoms with Crippen LogP contribution in [0.4, 0.5) is 5.82 Å². The Morgan fingerprint density at radius 3 is 2.95 bits per heavy atom. The summed E-state index contributed by atoms with van der Waals surface area (Å²) in [6.45, 7) is 3.19. The molecule has 4 heteroatoms. The number of hydrogen-bond acceptors (Lipinski definition) is 3. The molecule has 0 spiro atoms. The molecule has 3 aromatic rings. The first-order valence-electron chi connectivity index (χ1n) is 7.36. The summed E-state index contributed by atoms with van der Waals surface area (Å²) in [7, 11) is 0. The van der Waals surface area contributed by atoms with Gasteiger partial charge in [-0.25, -0.2) is 4.68 Å². The van der Waals surface area contributed by atoms with Gasteiger partial charge in [0, 0.05) is 12.1 Å². The van der Waals surface area contributed by atoms with Crippen LogP contribution < -0.4 is 5.32 Å². The van der Waals surface area contributed by atoms with E-state index in [1.165, 1.54) is 27.5 Å². The van der Waals surface area contributed by atoms with Crippen molar-refractivity contribution in [3.63, 3.8) is 0 Å². The van der Waals surface area contributed by atoms with Crippen LogP contribution in [0.5, 0.6) is 0 Å². The van der Waals surface area contributed by atoms with Crippen LogP contribution in [0, 0.1) is 0 Å². The summed E-state index contributed by atoms with van der Waals surface area (Å²) in [6, 6.07) is 12.8. The molecule has 0 atom stereocenters. The predicted octanol–water partition coefficient (Wildman–Crippen LogP) is 4.13. The van der Waals surface area contributed by atoms with Gasteiger partial charge in [-0.1, -0.05) is 31.2 Å². The van der Waals surface area contributed by atoms with Gasteiger partial charge in [-0.05, 0) is 35.9 Å². The Bertz CT molecular complexity index is 771. The molecule has 3 nitrogen and oxygen atoms in total. The van der Waals surface area contributed by atoms with Crippen molar-refractivity contribution in [2.24, 2.45) is 0 Å². The van der Waals surface area contributed by atoms with Gasteiger partial charge in [0.1, 0.15) is 11.5 Å². The first kappa shape index (κ1) is 12.7. The highest BCUT2D eigenvalue weighted by atomic mass is 32.1. The Labute approximate surface area is 128 Å². The van der Waals surface area contributed by atoms with Crippen molar-refractivity contribution in [2.75, 3.05) is 11.9 Å². The summed E-state index contributed by atoms with van der Waals surface area (Å²) >= 11 is 1.76. The van der Waals surface area contributed by atoms with Crippen molar-refractivity contribution in [1.82, 2.24) is 9.78 Å². The van der Waals surface area contributed by atoms with E-state index in [1.807, 2.05) is 0 Å². The number of hydrogen-bond donors (Lipinski definition) is 1. The lowest BCUT2D eigenvalue weighted by atomic mass is 10.1. The van der Waals surface area contributed by atoms with Gasteiger partial charge in [0.2, 0.25) is 0 Å². The van der Waals surface area contributed by atoms with Gasteiger partial charge in [-0.3, -0.25) is 0 Å². The lowest BCUT2D eigenvalue weighted by molar-refractivity contribution is 0.867. The van der Waals surface area contributed by atoms with Crippen LogP contribution in [0.25, 0.3) is 16.3 Å². The van der Waals surface area contributed by atoms with Crippen molar-refractivity contribution >= 4 is 17.2 Å². The average Bonchev–Trinajstić information content (AvgIpc) is 3.24. The summed E-state index contributed by atoms with van der Waals surface area (Å²) in [5, 5.41) is 10.5. The highest BCUT2D eigenvalue weighted by Crippen LogP contribution is 2.36. The van der Waals surface area contributed by atoms with E-state index in [2.05, 4.69) is 58.7 Å². The predicted molar refractivity (Wildman–Crippen MR) is 88.4 cm³/mol. The van der Waals surface area contributed by atoms with Crippen LogP contribution in [0.15, 0.2) is 41.8 Å². The molecule has 1 aliphatic rings. The molecule has 0 saturated heterocycles. The first-order valence-corrected chi connectivity index (χ1v) is 8.24. The van der Waals surface area contributed by atoms with Crippen molar-refractivity contribution in [2.45, 2.75) is 19.8 Å². The van der Waals surface area contributed by atoms with E-state index in [9.17, 15) is 0 Å². The zero-order valence-electron chi connectivity index (χ0n) is 12.0. The first-order chi connectivity index (χ1) is 10.4. The molecule has 1 aliphatic heterocycles. The molecule has 106 valence electrons. The number of para-hydroxylation sites is 1. The molecule has 2 aromatic heterocycles. The van der Waals surface area contributed by atoms with Crippen LogP contribution in [0.1, 0.15) is 18.1 Å². The highest BCUT2D eigenvalue weighted by molar-refractivity contribution is 7.13. The molecule has 1 N–H and O–H groups in total. The topological polar surface area (TPSA) is 29.9 Å². The van der Waals surface area contributed by atoms with E-state index in [-0.39, 0.29) is 0 Å².